The highest BCUT2D eigenvalue weighted by Crippen LogP contribution is 2.26. The Morgan fingerprint density at radius 3 is 2.81 bits per heavy atom. The van der Waals surface area contributed by atoms with E-state index in [4.69, 9.17) is 16.7 Å². The van der Waals surface area contributed by atoms with Crippen molar-refractivity contribution in [3.8, 4) is 5.69 Å². The minimum Gasteiger partial charge on any atom is -0.481 e. The maximum absolute atomic E-state index is 13.1. The van der Waals surface area contributed by atoms with Gasteiger partial charge in [0.25, 0.3) is 5.91 Å². The molecule has 1 N–H and O–H groups in total. The van der Waals surface area contributed by atoms with Crippen molar-refractivity contribution in [1.29, 1.82) is 0 Å². The average Bonchev–Trinajstić information content (AvgIpc) is 3.10. The summed E-state index contributed by atoms with van der Waals surface area (Å²) in [7, 11) is 0. The van der Waals surface area contributed by atoms with Crippen LogP contribution in [0.2, 0.25) is 5.02 Å². The lowest BCUT2D eigenvalue weighted by atomic mass is 9.93. The van der Waals surface area contributed by atoms with Crippen LogP contribution in [0.25, 0.3) is 5.69 Å². The van der Waals surface area contributed by atoms with Crippen LogP contribution in [0.5, 0.6) is 0 Å². The molecule has 7 heteroatoms. The SMILES string of the molecule is CCc1c(C(=O)N2CCCC(CCC(=O)O)C2)cnn1-c1ccccc1Cl. The van der Waals surface area contributed by atoms with Crippen molar-refractivity contribution in [2.75, 3.05) is 13.1 Å². The first kappa shape index (κ1) is 19.4. The molecule has 144 valence electrons. The lowest BCUT2D eigenvalue weighted by Gasteiger charge is -2.32. The van der Waals surface area contributed by atoms with Crippen LogP contribution in [0.1, 0.15) is 48.7 Å². The molecule has 0 radical (unpaired) electrons. The average molecular weight is 390 g/mol. The Kier molecular flexibility index (Phi) is 6.16. The van der Waals surface area contributed by atoms with Gasteiger partial charge in [0.15, 0.2) is 0 Å². The third kappa shape index (κ3) is 4.33. The maximum atomic E-state index is 13.1. The molecule has 1 aliphatic rings. The standard InChI is InChI=1S/C20H24ClN3O3/c1-2-17-15(12-22-24(17)18-8-4-3-7-16(18)21)20(27)23-11-5-6-14(13-23)9-10-19(25)26/h3-4,7-8,12,14H,2,5-6,9-11,13H2,1H3,(H,25,26). The minimum atomic E-state index is -0.785. The summed E-state index contributed by atoms with van der Waals surface area (Å²) in [6, 6.07) is 7.43. The van der Waals surface area contributed by atoms with E-state index >= 15 is 0 Å². The molecule has 2 aromatic rings. The normalized spacial score (nSPS) is 17.1. The van der Waals surface area contributed by atoms with Crippen LogP contribution in [0.4, 0.5) is 0 Å². The quantitative estimate of drug-likeness (QED) is 0.815. The molecular formula is C20H24ClN3O3. The third-order valence-corrected chi connectivity index (χ3v) is 5.41. The number of amides is 1. The molecule has 1 amide bonds. The zero-order chi connectivity index (χ0) is 19.4. The summed E-state index contributed by atoms with van der Waals surface area (Å²) in [6.07, 6.45) is 4.90. The first-order chi connectivity index (χ1) is 13.0. The molecule has 0 saturated carbocycles. The Morgan fingerprint density at radius 1 is 1.33 bits per heavy atom. The summed E-state index contributed by atoms with van der Waals surface area (Å²) < 4.78 is 1.74. The second-order valence-electron chi connectivity index (χ2n) is 6.91. The van der Waals surface area contributed by atoms with Crippen molar-refractivity contribution in [3.63, 3.8) is 0 Å². The predicted molar refractivity (Wildman–Crippen MR) is 103 cm³/mol. The maximum Gasteiger partial charge on any atom is 0.303 e. The first-order valence-electron chi connectivity index (χ1n) is 9.34. The summed E-state index contributed by atoms with van der Waals surface area (Å²) >= 11 is 6.30. The molecule has 2 heterocycles. The number of carboxylic acid groups (broad SMARTS) is 1. The third-order valence-electron chi connectivity index (χ3n) is 5.09. The lowest BCUT2D eigenvalue weighted by Crippen LogP contribution is -2.40. The molecule has 6 nitrogen and oxygen atoms in total. The van der Waals surface area contributed by atoms with Gasteiger partial charge in [0.05, 0.1) is 28.2 Å². The fraction of sp³-hybridized carbons (Fsp3) is 0.450. The van der Waals surface area contributed by atoms with Crippen molar-refractivity contribution in [1.82, 2.24) is 14.7 Å². The molecule has 27 heavy (non-hydrogen) atoms. The molecule has 0 aliphatic carbocycles. The molecule has 0 bridgehead atoms. The summed E-state index contributed by atoms with van der Waals surface area (Å²) in [5, 5.41) is 13.9. The van der Waals surface area contributed by atoms with Crippen LogP contribution < -0.4 is 0 Å². The number of aromatic nitrogens is 2. The summed E-state index contributed by atoms with van der Waals surface area (Å²) in [5.74, 6) is -0.583. The largest absolute Gasteiger partial charge is 0.481 e. The smallest absolute Gasteiger partial charge is 0.303 e. The molecule has 0 spiro atoms. The fourth-order valence-corrected chi connectivity index (χ4v) is 3.92. The topological polar surface area (TPSA) is 75.4 Å². The van der Waals surface area contributed by atoms with Gasteiger partial charge in [-0.2, -0.15) is 5.10 Å². The highest BCUT2D eigenvalue weighted by Gasteiger charge is 2.28. The molecule has 1 saturated heterocycles. The van der Waals surface area contributed by atoms with Crippen LogP contribution >= 0.6 is 11.6 Å². The molecule has 1 fully saturated rings. The van der Waals surface area contributed by atoms with Gasteiger partial charge in [-0.15, -0.1) is 0 Å². The van der Waals surface area contributed by atoms with Gasteiger partial charge < -0.3 is 10.0 Å². The Morgan fingerprint density at radius 2 is 2.11 bits per heavy atom. The van der Waals surface area contributed by atoms with Crippen molar-refractivity contribution < 1.29 is 14.7 Å². The van der Waals surface area contributed by atoms with Crippen molar-refractivity contribution in [3.05, 3.63) is 46.7 Å². The van der Waals surface area contributed by atoms with E-state index in [1.807, 2.05) is 30.0 Å². The molecule has 1 aliphatic heterocycles. The molecule has 3 rings (SSSR count). The van der Waals surface area contributed by atoms with E-state index in [1.165, 1.54) is 0 Å². The number of carbonyl (C=O) groups is 2. The van der Waals surface area contributed by atoms with Gasteiger partial charge in [-0.1, -0.05) is 30.7 Å². The van der Waals surface area contributed by atoms with Crippen LogP contribution in [-0.2, 0) is 11.2 Å². The van der Waals surface area contributed by atoms with Gasteiger partial charge in [-0.3, -0.25) is 9.59 Å². The lowest BCUT2D eigenvalue weighted by molar-refractivity contribution is -0.137. The van der Waals surface area contributed by atoms with E-state index in [1.54, 1.807) is 16.9 Å². The van der Waals surface area contributed by atoms with Gasteiger partial charge in [-0.05, 0) is 43.7 Å². The number of halogens is 1. The highest BCUT2D eigenvalue weighted by atomic mass is 35.5. The fourth-order valence-electron chi connectivity index (χ4n) is 3.71. The molecule has 1 aromatic heterocycles. The minimum absolute atomic E-state index is 0.0369. The summed E-state index contributed by atoms with van der Waals surface area (Å²) in [5.41, 5.74) is 2.19. The predicted octanol–water partition coefficient (Wildman–Crippen LogP) is 3.81. The number of carbonyl (C=O) groups excluding carboxylic acids is 1. The van der Waals surface area contributed by atoms with E-state index in [-0.39, 0.29) is 18.2 Å². The zero-order valence-electron chi connectivity index (χ0n) is 15.4. The van der Waals surface area contributed by atoms with Crippen molar-refractivity contribution in [2.24, 2.45) is 5.92 Å². The van der Waals surface area contributed by atoms with Gasteiger partial charge in [0.2, 0.25) is 0 Å². The number of piperidine rings is 1. The van der Waals surface area contributed by atoms with E-state index in [9.17, 15) is 9.59 Å². The van der Waals surface area contributed by atoms with Crippen LogP contribution in [0.15, 0.2) is 30.5 Å². The number of para-hydroxylation sites is 1. The summed E-state index contributed by atoms with van der Waals surface area (Å²) in [4.78, 5) is 25.8. The Balaban J connectivity index is 1.81. The zero-order valence-corrected chi connectivity index (χ0v) is 16.2. The number of aliphatic carboxylic acids is 1. The Hall–Kier alpha value is -2.34. The Labute approximate surface area is 163 Å². The Bertz CT molecular complexity index is 834. The van der Waals surface area contributed by atoms with E-state index < -0.39 is 5.97 Å². The van der Waals surface area contributed by atoms with Gasteiger partial charge in [0, 0.05) is 19.5 Å². The first-order valence-corrected chi connectivity index (χ1v) is 9.72. The number of likely N-dealkylation sites (tertiary alicyclic amines) is 1. The van der Waals surface area contributed by atoms with Crippen LogP contribution in [0.3, 0.4) is 0 Å². The summed E-state index contributed by atoms with van der Waals surface area (Å²) in [6.45, 7) is 3.29. The number of hydrogen-bond donors (Lipinski definition) is 1. The van der Waals surface area contributed by atoms with Crippen molar-refractivity contribution >= 4 is 23.5 Å². The van der Waals surface area contributed by atoms with Gasteiger partial charge >= 0.3 is 5.97 Å². The van der Waals surface area contributed by atoms with Crippen LogP contribution in [0, 0.1) is 5.92 Å². The highest BCUT2D eigenvalue weighted by molar-refractivity contribution is 6.32. The second-order valence-corrected chi connectivity index (χ2v) is 7.32. The monoisotopic (exact) mass is 389 g/mol. The van der Waals surface area contributed by atoms with E-state index in [2.05, 4.69) is 5.10 Å². The molecular weight excluding hydrogens is 366 g/mol. The molecule has 1 atom stereocenters. The second kappa shape index (κ2) is 8.57. The number of hydrogen-bond acceptors (Lipinski definition) is 3. The van der Waals surface area contributed by atoms with Gasteiger partial charge in [-0.25, -0.2) is 4.68 Å². The number of rotatable bonds is 6. The van der Waals surface area contributed by atoms with E-state index in [0.717, 1.165) is 24.2 Å². The van der Waals surface area contributed by atoms with E-state index in [0.29, 0.717) is 36.5 Å². The number of nitrogens with zero attached hydrogens (tertiary/aromatic N) is 3. The van der Waals surface area contributed by atoms with Crippen LogP contribution in [-0.4, -0.2) is 44.8 Å². The molecule has 1 aromatic carbocycles. The number of benzene rings is 1. The van der Waals surface area contributed by atoms with Gasteiger partial charge in [0.1, 0.15) is 0 Å². The van der Waals surface area contributed by atoms with Crippen molar-refractivity contribution in [2.45, 2.75) is 39.0 Å². The molecule has 1 unspecified atom stereocenters. The number of carboxylic acids is 1.